The second-order valence-electron chi connectivity index (χ2n) is 8.47. The van der Waals surface area contributed by atoms with Crippen LogP contribution in [0.15, 0.2) is 48.5 Å². The number of nitrogens with zero attached hydrogens (tertiary/aromatic N) is 2. The van der Waals surface area contributed by atoms with Crippen LogP contribution in [0.5, 0.6) is 5.75 Å². The molecule has 0 saturated heterocycles. The van der Waals surface area contributed by atoms with Gasteiger partial charge in [-0.2, -0.15) is 0 Å². The highest BCUT2D eigenvalue weighted by Gasteiger charge is 2.19. The lowest BCUT2D eigenvalue weighted by Gasteiger charge is -2.10. The highest BCUT2D eigenvalue weighted by Crippen LogP contribution is 2.38. The van der Waals surface area contributed by atoms with Crippen molar-refractivity contribution < 1.29 is 14.6 Å². The van der Waals surface area contributed by atoms with E-state index >= 15 is 0 Å². The fourth-order valence-corrected chi connectivity index (χ4v) is 5.52. The van der Waals surface area contributed by atoms with Gasteiger partial charge in [0.15, 0.2) is 5.13 Å². The zero-order chi connectivity index (χ0) is 26.9. The molecule has 0 saturated carbocycles. The molecule has 0 spiro atoms. The van der Waals surface area contributed by atoms with Crippen LogP contribution in [0.1, 0.15) is 41.6 Å². The predicted molar refractivity (Wildman–Crippen MR) is 156 cm³/mol. The minimum Gasteiger partial charge on any atom is -0.491 e. The number of carbonyl (C=O) groups is 1. The van der Waals surface area contributed by atoms with Gasteiger partial charge in [0, 0.05) is 33.7 Å². The molecule has 0 bridgehead atoms. The van der Waals surface area contributed by atoms with Crippen LogP contribution in [0.25, 0.3) is 16.2 Å². The van der Waals surface area contributed by atoms with E-state index in [0.29, 0.717) is 40.5 Å². The topological polar surface area (TPSA) is 96.4 Å². The monoisotopic (exact) mass is 558 g/mol. The number of thioether (sulfide) groups is 1. The Morgan fingerprint density at radius 3 is 2.76 bits per heavy atom. The number of ether oxygens (including phenoxy) is 1. The number of aromatic carboxylic acids is 1. The smallest absolute Gasteiger partial charge is 0.339 e. The number of pyridine rings is 1. The third-order valence-corrected chi connectivity index (χ3v) is 7.39. The quantitative estimate of drug-likeness (QED) is 0.188. The van der Waals surface area contributed by atoms with E-state index in [2.05, 4.69) is 36.0 Å². The maximum Gasteiger partial charge on any atom is 0.339 e. The number of rotatable bonds is 13. The highest BCUT2D eigenvalue weighted by atomic mass is 35.5. The van der Waals surface area contributed by atoms with E-state index in [0.717, 1.165) is 27.5 Å². The molecule has 1 aromatic carbocycles. The summed E-state index contributed by atoms with van der Waals surface area (Å²) in [5.41, 5.74) is 2.45. The van der Waals surface area contributed by atoms with Gasteiger partial charge in [-0.3, -0.25) is 0 Å². The molecule has 7 nitrogen and oxygen atoms in total. The number of halogens is 1. The van der Waals surface area contributed by atoms with Gasteiger partial charge in [0.05, 0.1) is 10.7 Å². The number of carboxylic acids is 1. The standard InChI is InChI=1S/C27H31ClN4O3S2/c1-6-22(36-7-2)18-13-19(26(33)34)25(30-15-18)32-27-31-24(23(37-27)12-16(3)4)17-8-9-21(20(28)14-17)35-11-10-29-5/h6-9,13-16,29H,2,10-12H2,1,3-5H3,(H,33,34)(H,30,31,32)/b22-6-. The molecule has 37 heavy (non-hydrogen) atoms. The van der Waals surface area contributed by atoms with Gasteiger partial charge in [-0.1, -0.05) is 49.9 Å². The maximum absolute atomic E-state index is 12.1. The lowest BCUT2D eigenvalue weighted by molar-refractivity contribution is 0.0697. The van der Waals surface area contributed by atoms with Gasteiger partial charge in [0.1, 0.15) is 23.7 Å². The third kappa shape index (κ3) is 7.58. The summed E-state index contributed by atoms with van der Waals surface area (Å²) in [5, 5.41) is 18.8. The van der Waals surface area contributed by atoms with Gasteiger partial charge in [-0.25, -0.2) is 14.8 Å². The number of carboxylic acid groups (broad SMARTS) is 1. The number of likely N-dealkylation sites (N-methyl/N-ethyl adjacent to an activating group) is 1. The first-order valence-corrected chi connectivity index (χ1v) is 13.9. The number of anilines is 2. The van der Waals surface area contributed by atoms with Crippen LogP contribution in [0.4, 0.5) is 10.9 Å². The first-order chi connectivity index (χ1) is 17.8. The van der Waals surface area contributed by atoms with Gasteiger partial charge in [-0.05, 0) is 56.0 Å². The van der Waals surface area contributed by atoms with E-state index in [1.165, 1.54) is 23.1 Å². The summed E-state index contributed by atoms with van der Waals surface area (Å²) in [5.74, 6) is 0.180. The van der Waals surface area contributed by atoms with E-state index in [1.54, 1.807) is 17.7 Å². The minimum absolute atomic E-state index is 0.0646. The van der Waals surface area contributed by atoms with E-state index in [1.807, 2.05) is 38.2 Å². The van der Waals surface area contributed by atoms with Gasteiger partial charge in [0.25, 0.3) is 0 Å². The molecule has 0 aliphatic rings. The molecule has 0 amide bonds. The molecule has 0 fully saturated rings. The molecule has 10 heteroatoms. The lowest BCUT2D eigenvalue weighted by Crippen LogP contribution is -2.16. The van der Waals surface area contributed by atoms with Crippen molar-refractivity contribution >= 4 is 56.5 Å². The van der Waals surface area contributed by atoms with Crippen molar-refractivity contribution in [2.75, 3.05) is 25.5 Å². The molecule has 0 unspecified atom stereocenters. The number of aromatic nitrogens is 2. The van der Waals surface area contributed by atoms with E-state index < -0.39 is 5.97 Å². The number of hydrogen-bond acceptors (Lipinski definition) is 8. The van der Waals surface area contributed by atoms with Crippen LogP contribution in [0.3, 0.4) is 0 Å². The summed E-state index contributed by atoms with van der Waals surface area (Å²) in [6.07, 6.45) is 4.36. The molecule has 3 aromatic rings. The molecular formula is C27H31ClN4O3S2. The predicted octanol–water partition coefficient (Wildman–Crippen LogP) is 7.33. The van der Waals surface area contributed by atoms with Crippen molar-refractivity contribution in [2.45, 2.75) is 27.2 Å². The second kappa shape index (κ2) is 13.6. The zero-order valence-corrected chi connectivity index (χ0v) is 23.7. The van der Waals surface area contributed by atoms with Crippen LogP contribution in [0.2, 0.25) is 5.02 Å². The van der Waals surface area contributed by atoms with Crippen molar-refractivity contribution in [3.05, 3.63) is 69.6 Å². The second-order valence-corrected chi connectivity index (χ2v) is 11.0. The van der Waals surface area contributed by atoms with Gasteiger partial charge in [-0.15, -0.1) is 11.3 Å². The van der Waals surface area contributed by atoms with Crippen LogP contribution >= 0.6 is 34.7 Å². The maximum atomic E-state index is 12.1. The van der Waals surface area contributed by atoms with Gasteiger partial charge >= 0.3 is 5.97 Å². The van der Waals surface area contributed by atoms with Crippen molar-refractivity contribution in [1.29, 1.82) is 0 Å². The molecule has 2 aromatic heterocycles. The van der Waals surface area contributed by atoms with Crippen molar-refractivity contribution in [2.24, 2.45) is 5.92 Å². The van der Waals surface area contributed by atoms with Gasteiger partial charge < -0.3 is 20.5 Å². The van der Waals surface area contributed by atoms with Crippen molar-refractivity contribution in [3.8, 4) is 17.0 Å². The number of allylic oxidation sites excluding steroid dienone is 1. The first kappa shape index (κ1) is 28.7. The average molecular weight is 559 g/mol. The van der Waals surface area contributed by atoms with Crippen molar-refractivity contribution in [3.63, 3.8) is 0 Å². The summed E-state index contributed by atoms with van der Waals surface area (Å²) in [6, 6.07) is 7.25. The fraction of sp³-hybridized carbons (Fsp3) is 0.296. The normalized spacial score (nSPS) is 11.6. The number of thiazole rings is 1. The summed E-state index contributed by atoms with van der Waals surface area (Å²) in [7, 11) is 1.86. The molecule has 2 heterocycles. The van der Waals surface area contributed by atoms with Crippen LogP contribution < -0.4 is 15.4 Å². The van der Waals surface area contributed by atoms with Crippen molar-refractivity contribution in [1.82, 2.24) is 15.3 Å². The zero-order valence-electron chi connectivity index (χ0n) is 21.3. The van der Waals surface area contributed by atoms with Crippen LogP contribution in [-0.2, 0) is 6.42 Å². The number of benzene rings is 1. The summed E-state index contributed by atoms with van der Waals surface area (Å²) in [4.78, 5) is 23.3. The fourth-order valence-electron chi connectivity index (χ4n) is 3.52. The molecule has 0 atom stereocenters. The molecule has 196 valence electrons. The number of hydrogen-bond donors (Lipinski definition) is 3. The number of nitrogens with one attached hydrogen (secondary N) is 2. The van der Waals surface area contributed by atoms with E-state index in [9.17, 15) is 9.90 Å². The Balaban J connectivity index is 1.96. The Bertz CT molecular complexity index is 1290. The van der Waals surface area contributed by atoms with Crippen LogP contribution in [-0.4, -0.2) is 41.2 Å². The Hall–Kier alpha value is -2.85. The van der Waals surface area contributed by atoms with Gasteiger partial charge in [0.2, 0.25) is 0 Å². The van der Waals surface area contributed by atoms with E-state index in [-0.39, 0.29) is 11.4 Å². The third-order valence-electron chi connectivity index (χ3n) is 5.21. The highest BCUT2D eigenvalue weighted by molar-refractivity contribution is 8.10. The van der Waals surface area contributed by atoms with E-state index in [4.69, 9.17) is 21.3 Å². The largest absolute Gasteiger partial charge is 0.491 e. The Morgan fingerprint density at radius 2 is 2.14 bits per heavy atom. The molecular weight excluding hydrogens is 528 g/mol. The summed E-state index contributed by atoms with van der Waals surface area (Å²) < 4.78 is 5.73. The molecule has 0 aliphatic heterocycles. The molecule has 0 radical (unpaired) electrons. The minimum atomic E-state index is -1.07. The summed E-state index contributed by atoms with van der Waals surface area (Å²) in [6.45, 7) is 11.1. The molecule has 0 aliphatic carbocycles. The average Bonchev–Trinajstić information content (AvgIpc) is 3.25. The molecule has 3 rings (SSSR count). The van der Waals surface area contributed by atoms with Crippen LogP contribution in [0, 0.1) is 5.92 Å². The summed E-state index contributed by atoms with van der Waals surface area (Å²) >= 11 is 9.41. The Labute approximate surface area is 231 Å². The Morgan fingerprint density at radius 1 is 1.35 bits per heavy atom. The lowest BCUT2D eigenvalue weighted by atomic mass is 10.0. The Kier molecular flexibility index (Phi) is 10.6. The first-order valence-electron chi connectivity index (χ1n) is 11.8. The molecule has 3 N–H and O–H groups in total. The SMILES string of the molecule is C=CS/C(=C\C)c1cnc(Nc2nc(-c3ccc(OCCNC)c(Cl)c3)c(CC(C)C)s2)c(C(=O)O)c1.